The van der Waals surface area contributed by atoms with Crippen LogP contribution in [0.2, 0.25) is 0 Å². The van der Waals surface area contributed by atoms with Gasteiger partial charge in [0.05, 0.1) is 10.6 Å². The maximum atomic E-state index is 12.0. The smallest absolute Gasteiger partial charge is 0.178 e. The molecule has 1 aromatic carbocycles. The standard InChI is InChI=1S/C12H15NO3S/c13-7-8-6-12(8)3-4-17(15,16)11-2-1-9(14)5-10(11)12/h1-2,5,8,14H,3-4,6-7,13H2. The second-order valence-electron chi connectivity index (χ2n) is 5.04. The fourth-order valence-corrected chi connectivity index (χ4v) is 4.79. The van der Waals surface area contributed by atoms with Gasteiger partial charge in [-0.3, -0.25) is 0 Å². The molecule has 0 amide bonds. The highest BCUT2D eigenvalue weighted by atomic mass is 32.2. The minimum atomic E-state index is -3.17. The average molecular weight is 253 g/mol. The first-order chi connectivity index (χ1) is 7.99. The van der Waals surface area contributed by atoms with Crippen molar-refractivity contribution in [1.29, 1.82) is 0 Å². The molecule has 17 heavy (non-hydrogen) atoms. The molecule has 0 saturated heterocycles. The molecule has 1 aliphatic carbocycles. The maximum absolute atomic E-state index is 12.0. The van der Waals surface area contributed by atoms with Crippen LogP contribution in [0.25, 0.3) is 0 Å². The Hall–Kier alpha value is -1.07. The first kappa shape index (κ1) is 11.0. The van der Waals surface area contributed by atoms with Crippen LogP contribution in [0.15, 0.2) is 23.1 Å². The van der Waals surface area contributed by atoms with Crippen molar-refractivity contribution in [3.05, 3.63) is 23.8 Å². The van der Waals surface area contributed by atoms with Gasteiger partial charge in [-0.25, -0.2) is 8.42 Å². The Bertz CT molecular complexity index is 581. The third-order valence-electron chi connectivity index (χ3n) is 4.17. The molecule has 2 aliphatic rings. The molecule has 1 aromatic rings. The molecule has 5 heteroatoms. The lowest BCUT2D eigenvalue weighted by molar-refractivity contribution is 0.468. The van der Waals surface area contributed by atoms with Gasteiger partial charge in [0.1, 0.15) is 5.75 Å². The van der Waals surface area contributed by atoms with Crippen LogP contribution in [0.1, 0.15) is 18.4 Å². The highest BCUT2D eigenvalue weighted by Crippen LogP contribution is 2.60. The van der Waals surface area contributed by atoms with Crippen LogP contribution in [-0.4, -0.2) is 25.8 Å². The molecular weight excluding hydrogens is 238 g/mol. The zero-order valence-corrected chi connectivity index (χ0v) is 10.2. The lowest BCUT2D eigenvalue weighted by Crippen LogP contribution is -2.27. The summed E-state index contributed by atoms with van der Waals surface area (Å²) < 4.78 is 24.0. The molecule has 2 atom stereocenters. The van der Waals surface area contributed by atoms with Gasteiger partial charge in [-0.15, -0.1) is 0 Å². The van der Waals surface area contributed by atoms with Crippen molar-refractivity contribution in [2.45, 2.75) is 23.2 Å². The number of sulfone groups is 1. The molecule has 92 valence electrons. The van der Waals surface area contributed by atoms with Gasteiger partial charge in [-0.1, -0.05) is 0 Å². The third-order valence-corrected chi connectivity index (χ3v) is 5.94. The molecule has 1 saturated carbocycles. The van der Waals surface area contributed by atoms with E-state index in [9.17, 15) is 13.5 Å². The van der Waals surface area contributed by atoms with Crippen molar-refractivity contribution in [2.75, 3.05) is 12.3 Å². The number of rotatable bonds is 1. The van der Waals surface area contributed by atoms with E-state index in [2.05, 4.69) is 0 Å². The van der Waals surface area contributed by atoms with E-state index in [1.807, 2.05) is 0 Å². The number of fused-ring (bicyclic) bond motifs is 2. The van der Waals surface area contributed by atoms with E-state index in [-0.39, 0.29) is 16.9 Å². The number of phenolic OH excluding ortho intramolecular Hbond substituents is 1. The van der Waals surface area contributed by atoms with Crippen molar-refractivity contribution in [3.63, 3.8) is 0 Å². The van der Waals surface area contributed by atoms with Gasteiger partial charge in [-0.2, -0.15) is 0 Å². The van der Waals surface area contributed by atoms with Crippen molar-refractivity contribution >= 4 is 9.84 Å². The van der Waals surface area contributed by atoms with Gasteiger partial charge < -0.3 is 10.8 Å². The number of benzene rings is 1. The number of phenols is 1. The summed E-state index contributed by atoms with van der Waals surface area (Å²) in [6, 6.07) is 4.56. The van der Waals surface area contributed by atoms with Gasteiger partial charge in [0.25, 0.3) is 0 Å². The number of hydrogen-bond donors (Lipinski definition) is 2. The Labute approximate surface area is 100 Å². The SMILES string of the molecule is NCC1CC12CCS(=O)(=O)c1ccc(O)cc12. The molecule has 3 N–H and O–H groups in total. The van der Waals surface area contributed by atoms with Crippen LogP contribution in [0.5, 0.6) is 5.75 Å². The maximum Gasteiger partial charge on any atom is 0.178 e. The highest BCUT2D eigenvalue weighted by molar-refractivity contribution is 7.91. The van der Waals surface area contributed by atoms with E-state index < -0.39 is 9.84 Å². The van der Waals surface area contributed by atoms with Crippen LogP contribution in [0.3, 0.4) is 0 Å². The normalized spacial score (nSPS) is 33.4. The molecule has 0 aromatic heterocycles. The van der Waals surface area contributed by atoms with Crippen LogP contribution in [-0.2, 0) is 15.3 Å². The van der Waals surface area contributed by atoms with Crippen LogP contribution >= 0.6 is 0 Å². The fraction of sp³-hybridized carbons (Fsp3) is 0.500. The largest absolute Gasteiger partial charge is 0.508 e. The minimum Gasteiger partial charge on any atom is -0.508 e. The predicted octanol–water partition coefficient (Wildman–Crippen LogP) is 0.786. The van der Waals surface area contributed by atoms with Crippen LogP contribution < -0.4 is 5.73 Å². The zero-order valence-electron chi connectivity index (χ0n) is 9.39. The summed E-state index contributed by atoms with van der Waals surface area (Å²) in [4.78, 5) is 0.387. The summed E-state index contributed by atoms with van der Waals surface area (Å²) in [6.45, 7) is 0.579. The van der Waals surface area contributed by atoms with E-state index in [1.54, 1.807) is 6.07 Å². The molecule has 0 bridgehead atoms. The second kappa shape index (κ2) is 3.23. The summed E-state index contributed by atoms with van der Waals surface area (Å²) in [5.41, 5.74) is 6.38. The van der Waals surface area contributed by atoms with Crippen molar-refractivity contribution in [2.24, 2.45) is 11.7 Å². The van der Waals surface area contributed by atoms with E-state index in [0.29, 0.717) is 23.8 Å². The molecule has 1 spiro atoms. The molecule has 0 radical (unpaired) electrons. The van der Waals surface area contributed by atoms with Crippen LogP contribution in [0.4, 0.5) is 0 Å². The lowest BCUT2D eigenvalue weighted by atomic mass is 9.89. The fourth-order valence-electron chi connectivity index (χ4n) is 3.07. The molecule has 1 aliphatic heterocycles. The molecule has 3 rings (SSSR count). The third kappa shape index (κ3) is 1.42. The van der Waals surface area contributed by atoms with Gasteiger partial charge in [0, 0.05) is 5.41 Å². The van der Waals surface area contributed by atoms with Gasteiger partial charge in [0.2, 0.25) is 0 Å². The molecular formula is C12H15NO3S. The summed E-state index contributed by atoms with van der Waals surface area (Å²) in [5.74, 6) is 0.683. The first-order valence-electron chi connectivity index (χ1n) is 5.76. The minimum absolute atomic E-state index is 0.0891. The van der Waals surface area contributed by atoms with Gasteiger partial charge in [0.15, 0.2) is 9.84 Å². The Morgan fingerprint density at radius 2 is 2.24 bits per heavy atom. The summed E-state index contributed by atoms with van der Waals surface area (Å²) in [7, 11) is -3.17. The van der Waals surface area contributed by atoms with E-state index in [0.717, 1.165) is 12.0 Å². The van der Waals surface area contributed by atoms with Gasteiger partial charge in [-0.05, 0) is 49.1 Å². The zero-order chi connectivity index (χ0) is 12.3. The Morgan fingerprint density at radius 3 is 2.88 bits per heavy atom. The van der Waals surface area contributed by atoms with E-state index in [4.69, 9.17) is 5.73 Å². The predicted molar refractivity (Wildman–Crippen MR) is 63.6 cm³/mol. The number of hydrogen-bond acceptors (Lipinski definition) is 4. The lowest BCUT2D eigenvalue weighted by Gasteiger charge is -2.26. The molecule has 2 unspecified atom stereocenters. The highest BCUT2D eigenvalue weighted by Gasteiger charge is 2.58. The number of aromatic hydroxyl groups is 1. The van der Waals surface area contributed by atoms with Crippen molar-refractivity contribution < 1.29 is 13.5 Å². The summed E-state index contributed by atoms with van der Waals surface area (Å²) in [6.07, 6.45) is 1.57. The Kier molecular flexibility index (Phi) is 2.10. The summed E-state index contributed by atoms with van der Waals surface area (Å²) in [5, 5.41) is 9.55. The van der Waals surface area contributed by atoms with E-state index >= 15 is 0 Å². The summed E-state index contributed by atoms with van der Waals surface area (Å²) >= 11 is 0. The van der Waals surface area contributed by atoms with Crippen molar-refractivity contribution in [1.82, 2.24) is 0 Å². The van der Waals surface area contributed by atoms with E-state index in [1.165, 1.54) is 12.1 Å². The first-order valence-corrected chi connectivity index (χ1v) is 7.41. The van der Waals surface area contributed by atoms with Crippen molar-refractivity contribution in [3.8, 4) is 5.75 Å². The second-order valence-corrected chi connectivity index (χ2v) is 7.12. The Morgan fingerprint density at radius 1 is 1.47 bits per heavy atom. The van der Waals surface area contributed by atoms with Gasteiger partial charge >= 0.3 is 0 Å². The molecule has 4 nitrogen and oxygen atoms in total. The molecule has 1 fully saturated rings. The Balaban J connectivity index is 2.21. The monoisotopic (exact) mass is 253 g/mol. The number of nitrogens with two attached hydrogens (primary N) is 1. The average Bonchev–Trinajstić information content (AvgIpc) is 2.99. The quantitative estimate of drug-likeness (QED) is 0.775. The van der Waals surface area contributed by atoms with Crippen LogP contribution in [0, 0.1) is 5.92 Å². The molecule has 1 heterocycles. The topological polar surface area (TPSA) is 80.4 Å².